The van der Waals surface area contributed by atoms with Gasteiger partial charge >= 0.3 is 0 Å². The molecule has 0 bridgehead atoms. The van der Waals surface area contributed by atoms with E-state index in [-0.39, 0.29) is 31.3 Å². The summed E-state index contributed by atoms with van der Waals surface area (Å²) in [6.45, 7) is 4.03. The average Bonchev–Trinajstić information content (AvgIpc) is 2.79. The molecule has 0 saturated heterocycles. The lowest BCUT2D eigenvalue weighted by Crippen LogP contribution is -2.53. The fourth-order valence-electron chi connectivity index (χ4n) is 5.13. The number of hydrogen-bond acceptors (Lipinski definition) is 5. The molecule has 0 spiro atoms. The highest BCUT2D eigenvalue weighted by molar-refractivity contribution is 4.94. The third kappa shape index (κ3) is 16.4. The van der Waals surface area contributed by atoms with Crippen molar-refractivity contribution >= 4 is 0 Å². The maximum atomic E-state index is 9.69. The zero-order chi connectivity index (χ0) is 23.8. The van der Waals surface area contributed by atoms with Gasteiger partial charge in [-0.2, -0.15) is 0 Å². The summed E-state index contributed by atoms with van der Waals surface area (Å²) in [5.74, 6) is 0.266. The van der Waals surface area contributed by atoms with Crippen molar-refractivity contribution in [3.8, 4) is 0 Å². The van der Waals surface area contributed by atoms with Crippen molar-refractivity contribution in [1.82, 2.24) is 5.32 Å². The number of aliphatic hydroxyl groups excluding tert-OH is 3. The second-order valence-electron chi connectivity index (χ2n) is 9.77. The van der Waals surface area contributed by atoms with Crippen molar-refractivity contribution < 1.29 is 15.3 Å². The molecule has 32 heavy (non-hydrogen) atoms. The third-order valence-corrected chi connectivity index (χ3v) is 7.14. The molecule has 194 valence electrons. The molecule has 0 aliphatic carbocycles. The van der Waals surface area contributed by atoms with Crippen LogP contribution in [0.25, 0.3) is 0 Å². The van der Waals surface area contributed by atoms with Gasteiger partial charge in [0.2, 0.25) is 0 Å². The number of nitrogens with one attached hydrogen (secondary N) is 1. The van der Waals surface area contributed by atoms with Gasteiger partial charge in [-0.25, -0.2) is 0 Å². The van der Waals surface area contributed by atoms with Crippen LogP contribution in [0.2, 0.25) is 0 Å². The largest absolute Gasteiger partial charge is 0.396 e. The van der Waals surface area contributed by atoms with E-state index in [4.69, 9.17) is 5.73 Å². The van der Waals surface area contributed by atoms with Gasteiger partial charge in [-0.3, -0.25) is 0 Å². The number of nitrogens with two attached hydrogens (primary N) is 1. The molecule has 1 atom stereocenters. The van der Waals surface area contributed by atoms with Crippen LogP contribution in [-0.2, 0) is 0 Å². The van der Waals surface area contributed by atoms with Crippen LogP contribution in [0.3, 0.4) is 0 Å². The van der Waals surface area contributed by atoms with Gasteiger partial charge < -0.3 is 26.4 Å². The molecule has 5 nitrogen and oxygen atoms in total. The Morgan fingerprint density at radius 3 is 1.50 bits per heavy atom. The summed E-state index contributed by atoms with van der Waals surface area (Å²) in [5.41, 5.74) is 5.35. The fraction of sp³-hybridized carbons (Fsp3) is 1.00. The second-order valence-corrected chi connectivity index (χ2v) is 9.77. The minimum absolute atomic E-state index is 0.0935. The molecule has 0 heterocycles. The minimum Gasteiger partial charge on any atom is -0.396 e. The van der Waals surface area contributed by atoms with Crippen molar-refractivity contribution in [2.45, 2.75) is 134 Å². The molecule has 0 aromatic heterocycles. The van der Waals surface area contributed by atoms with Gasteiger partial charge in [0.25, 0.3) is 0 Å². The molecule has 0 saturated carbocycles. The fourth-order valence-corrected chi connectivity index (χ4v) is 5.13. The molecule has 0 fully saturated rings. The summed E-state index contributed by atoms with van der Waals surface area (Å²) < 4.78 is 0. The molecule has 0 amide bonds. The highest BCUT2D eigenvalue weighted by Crippen LogP contribution is 2.32. The van der Waals surface area contributed by atoms with Crippen molar-refractivity contribution in [3.05, 3.63) is 0 Å². The van der Waals surface area contributed by atoms with E-state index in [1.165, 1.54) is 83.5 Å². The maximum absolute atomic E-state index is 9.69. The van der Waals surface area contributed by atoms with E-state index in [2.05, 4.69) is 12.2 Å². The number of unbranched alkanes of at least 4 members (excludes halogenated alkanes) is 13. The quantitative estimate of drug-likeness (QED) is 0.113. The van der Waals surface area contributed by atoms with Gasteiger partial charge in [-0.1, -0.05) is 96.8 Å². The summed E-state index contributed by atoms with van der Waals surface area (Å²) in [6.07, 6.45) is 22.8. The minimum atomic E-state index is -0.308. The van der Waals surface area contributed by atoms with E-state index < -0.39 is 0 Å². The standard InChI is InChI=1S/C27H58N2O3/c1-2-3-4-5-6-7-8-9-10-11-12-13-14-15-17-26(18-23-30)27(19-24-31,20-25-32)29-22-16-21-28/h26,29-32H,2-25,28H2,1H3. The van der Waals surface area contributed by atoms with Crippen molar-refractivity contribution in [1.29, 1.82) is 0 Å². The normalized spacial score (nSPS) is 13.0. The van der Waals surface area contributed by atoms with Crippen LogP contribution in [0.4, 0.5) is 0 Å². The van der Waals surface area contributed by atoms with E-state index in [1.54, 1.807) is 0 Å². The Morgan fingerprint density at radius 1 is 0.625 bits per heavy atom. The zero-order valence-electron chi connectivity index (χ0n) is 21.5. The monoisotopic (exact) mass is 458 g/mol. The van der Waals surface area contributed by atoms with Crippen molar-refractivity contribution in [2.24, 2.45) is 11.7 Å². The summed E-state index contributed by atoms with van der Waals surface area (Å²) in [5, 5.41) is 32.6. The Hall–Kier alpha value is -0.200. The summed E-state index contributed by atoms with van der Waals surface area (Å²) in [4.78, 5) is 0. The second kappa shape index (κ2) is 23.9. The molecule has 0 radical (unpaired) electrons. The van der Waals surface area contributed by atoms with E-state index in [0.717, 1.165) is 25.8 Å². The SMILES string of the molecule is CCCCCCCCCCCCCCCCC(CCO)C(CCO)(CCO)NCCCN. The van der Waals surface area contributed by atoms with Crippen LogP contribution < -0.4 is 11.1 Å². The van der Waals surface area contributed by atoms with Crippen LogP contribution in [-0.4, -0.2) is 53.8 Å². The first-order valence-electron chi connectivity index (χ1n) is 14.0. The molecule has 0 aromatic carbocycles. The van der Waals surface area contributed by atoms with E-state index >= 15 is 0 Å². The van der Waals surface area contributed by atoms with Crippen molar-refractivity contribution in [2.75, 3.05) is 32.9 Å². The lowest BCUT2D eigenvalue weighted by Gasteiger charge is -2.42. The first-order valence-corrected chi connectivity index (χ1v) is 14.0. The van der Waals surface area contributed by atoms with Gasteiger partial charge in [0.15, 0.2) is 0 Å². The van der Waals surface area contributed by atoms with Crippen LogP contribution in [0.15, 0.2) is 0 Å². The molecular weight excluding hydrogens is 400 g/mol. The van der Waals surface area contributed by atoms with Crippen LogP contribution >= 0.6 is 0 Å². The summed E-state index contributed by atoms with van der Waals surface area (Å²) in [7, 11) is 0. The first kappa shape index (κ1) is 31.8. The van der Waals surface area contributed by atoms with Gasteiger partial charge in [-0.05, 0) is 51.1 Å². The zero-order valence-corrected chi connectivity index (χ0v) is 21.5. The molecule has 0 aliphatic heterocycles. The molecule has 0 aliphatic rings. The highest BCUT2D eigenvalue weighted by Gasteiger charge is 2.36. The lowest BCUT2D eigenvalue weighted by atomic mass is 9.74. The Kier molecular flexibility index (Phi) is 23.8. The third-order valence-electron chi connectivity index (χ3n) is 7.14. The van der Waals surface area contributed by atoms with E-state index in [0.29, 0.717) is 25.8 Å². The first-order chi connectivity index (χ1) is 15.7. The van der Waals surface area contributed by atoms with Crippen LogP contribution in [0.1, 0.15) is 129 Å². The Labute approximate surface area is 200 Å². The Bertz CT molecular complexity index is 363. The molecular formula is C27H58N2O3. The molecule has 0 rings (SSSR count). The molecule has 5 heteroatoms. The number of hydrogen-bond donors (Lipinski definition) is 5. The highest BCUT2D eigenvalue weighted by atomic mass is 16.3. The van der Waals surface area contributed by atoms with Gasteiger partial charge in [0, 0.05) is 25.4 Å². The molecule has 0 aromatic rings. The number of rotatable bonds is 26. The number of aliphatic hydroxyl groups is 3. The summed E-state index contributed by atoms with van der Waals surface area (Å²) >= 11 is 0. The van der Waals surface area contributed by atoms with Gasteiger partial charge in [-0.15, -0.1) is 0 Å². The van der Waals surface area contributed by atoms with Gasteiger partial charge in [0.1, 0.15) is 0 Å². The maximum Gasteiger partial charge on any atom is 0.0448 e. The summed E-state index contributed by atoms with van der Waals surface area (Å²) in [6, 6.07) is 0. The predicted octanol–water partition coefficient (Wildman–Crippen LogP) is 5.30. The smallest absolute Gasteiger partial charge is 0.0448 e. The topological polar surface area (TPSA) is 98.7 Å². The van der Waals surface area contributed by atoms with E-state index in [9.17, 15) is 15.3 Å². The Morgan fingerprint density at radius 2 is 1.09 bits per heavy atom. The van der Waals surface area contributed by atoms with Crippen molar-refractivity contribution in [3.63, 3.8) is 0 Å². The predicted molar refractivity (Wildman–Crippen MR) is 138 cm³/mol. The molecule has 6 N–H and O–H groups in total. The van der Waals surface area contributed by atoms with Gasteiger partial charge in [0.05, 0.1) is 0 Å². The lowest BCUT2D eigenvalue weighted by molar-refractivity contribution is 0.0864. The molecule has 1 unspecified atom stereocenters. The van der Waals surface area contributed by atoms with Crippen LogP contribution in [0, 0.1) is 5.92 Å². The average molecular weight is 459 g/mol. The van der Waals surface area contributed by atoms with Crippen LogP contribution in [0.5, 0.6) is 0 Å². The van der Waals surface area contributed by atoms with E-state index in [1.807, 2.05) is 0 Å². The Balaban J connectivity index is 4.11.